The number of aromatic nitrogens is 1. The second kappa shape index (κ2) is 6.27. The van der Waals surface area contributed by atoms with Crippen LogP contribution in [0.25, 0.3) is 0 Å². The quantitative estimate of drug-likeness (QED) is 0.677. The highest BCUT2D eigenvalue weighted by Gasteiger charge is 2.21. The van der Waals surface area contributed by atoms with Gasteiger partial charge in [-0.05, 0) is 31.7 Å². The minimum Gasteiger partial charge on any atom is -0.428 e. The van der Waals surface area contributed by atoms with Crippen molar-refractivity contribution < 1.29 is 14.1 Å². The summed E-state index contributed by atoms with van der Waals surface area (Å²) in [5.74, 6) is -1.09. The summed E-state index contributed by atoms with van der Waals surface area (Å²) < 4.78 is 19.1. The minimum absolute atomic E-state index is 0.142. The molecule has 0 saturated heterocycles. The number of hydrogen-bond donors (Lipinski definition) is 1. The number of pyridine rings is 1. The van der Waals surface area contributed by atoms with E-state index in [1.807, 2.05) is 13.1 Å². The largest absolute Gasteiger partial charge is 0.428 e. The average molecular weight is 291 g/mol. The number of hydrogen-bond acceptors (Lipinski definition) is 5. The van der Waals surface area contributed by atoms with Gasteiger partial charge in [-0.2, -0.15) is 0 Å². The molecule has 0 radical (unpaired) electrons. The number of nitrogens with zero attached hydrogens (tertiary/aromatic N) is 2. The van der Waals surface area contributed by atoms with Gasteiger partial charge in [0.2, 0.25) is 11.6 Å². The van der Waals surface area contributed by atoms with E-state index in [1.165, 1.54) is 12.1 Å². The van der Waals surface area contributed by atoms with Gasteiger partial charge in [0.05, 0.1) is 4.92 Å². The Morgan fingerprint density at radius 1 is 1.48 bits per heavy atom. The zero-order chi connectivity index (χ0) is 15.4. The predicted molar refractivity (Wildman–Crippen MR) is 74.9 cm³/mol. The Labute approximate surface area is 120 Å². The van der Waals surface area contributed by atoms with Crippen molar-refractivity contribution in [1.29, 1.82) is 0 Å². The lowest BCUT2D eigenvalue weighted by Gasteiger charge is -2.10. The zero-order valence-corrected chi connectivity index (χ0v) is 11.6. The van der Waals surface area contributed by atoms with E-state index in [1.54, 1.807) is 13.1 Å². The lowest BCUT2D eigenvalue weighted by molar-refractivity contribution is -0.385. The van der Waals surface area contributed by atoms with Crippen LogP contribution in [0.4, 0.5) is 10.1 Å². The van der Waals surface area contributed by atoms with Gasteiger partial charge in [-0.15, -0.1) is 0 Å². The Balaban J connectivity index is 2.37. The van der Waals surface area contributed by atoms with E-state index in [2.05, 4.69) is 10.3 Å². The lowest BCUT2D eigenvalue weighted by atomic mass is 10.2. The molecule has 2 rings (SSSR count). The summed E-state index contributed by atoms with van der Waals surface area (Å²) >= 11 is 0. The summed E-state index contributed by atoms with van der Waals surface area (Å²) in [6.07, 6.45) is 1.57. The van der Waals surface area contributed by atoms with Gasteiger partial charge >= 0.3 is 5.69 Å². The fourth-order valence-corrected chi connectivity index (χ4v) is 1.87. The van der Waals surface area contributed by atoms with Gasteiger partial charge in [-0.1, -0.05) is 6.07 Å². The second-order valence-electron chi connectivity index (χ2n) is 4.44. The molecule has 0 aliphatic carbocycles. The molecule has 0 amide bonds. The fraction of sp³-hybridized carbons (Fsp3) is 0.214. The first-order valence-corrected chi connectivity index (χ1v) is 6.23. The van der Waals surface area contributed by atoms with Crippen LogP contribution >= 0.6 is 0 Å². The molecular weight excluding hydrogens is 277 g/mol. The molecule has 0 unspecified atom stereocenters. The van der Waals surface area contributed by atoms with Crippen LogP contribution in [-0.4, -0.2) is 17.0 Å². The fourth-order valence-electron chi connectivity index (χ4n) is 1.87. The number of rotatable bonds is 5. The number of para-hydroxylation sites is 1. The van der Waals surface area contributed by atoms with Gasteiger partial charge in [-0.3, -0.25) is 10.1 Å². The standard InChI is InChI=1S/C14H14FN3O3/c1-9-6-10(7-16-2)8-17-14(9)21-13-11(15)4-3-5-12(13)18(19)20/h3-6,8,16H,7H2,1-2H3. The first-order chi connectivity index (χ1) is 10.0. The van der Waals surface area contributed by atoms with Crippen molar-refractivity contribution >= 4 is 5.69 Å². The summed E-state index contributed by atoms with van der Waals surface area (Å²) in [6.45, 7) is 2.38. The van der Waals surface area contributed by atoms with Crippen LogP contribution in [0.15, 0.2) is 30.5 Å². The Hall–Kier alpha value is -2.54. The minimum atomic E-state index is -0.801. The maximum atomic E-state index is 13.8. The maximum absolute atomic E-state index is 13.8. The molecule has 0 spiro atoms. The number of nitro groups is 1. The van der Waals surface area contributed by atoms with Crippen LogP contribution < -0.4 is 10.1 Å². The van der Waals surface area contributed by atoms with Gasteiger partial charge in [0.25, 0.3) is 0 Å². The van der Waals surface area contributed by atoms with E-state index in [4.69, 9.17) is 4.74 Å². The molecule has 21 heavy (non-hydrogen) atoms. The first-order valence-electron chi connectivity index (χ1n) is 6.23. The number of halogens is 1. The lowest BCUT2D eigenvalue weighted by Crippen LogP contribution is -2.06. The summed E-state index contributed by atoms with van der Waals surface area (Å²) in [4.78, 5) is 14.3. The molecule has 1 aromatic heterocycles. The summed E-state index contributed by atoms with van der Waals surface area (Å²) in [5, 5.41) is 13.9. The van der Waals surface area contributed by atoms with Gasteiger partial charge in [0.15, 0.2) is 5.82 Å². The van der Waals surface area contributed by atoms with E-state index in [0.717, 1.165) is 11.6 Å². The number of ether oxygens (including phenoxy) is 1. The van der Waals surface area contributed by atoms with Crippen LogP contribution in [-0.2, 0) is 6.54 Å². The predicted octanol–water partition coefficient (Wildman–Crippen LogP) is 2.95. The van der Waals surface area contributed by atoms with Gasteiger partial charge in [-0.25, -0.2) is 9.37 Å². The Morgan fingerprint density at radius 2 is 2.24 bits per heavy atom. The topological polar surface area (TPSA) is 77.3 Å². The Morgan fingerprint density at radius 3 is 2.86 bits per heavy atom. The first kappa shape index (κ1) is 14.9. The van der Waals surface area contributed by atoms with E-state index in [-0.39, 0.29) is 5.88 Å². The van der Waals surface area contributed by atoms with E-state index < -0.39 is 22.2 Å². The second-order valence-corrected chi connectivity index (χ2v) is 4.44. The van der Waals surface area contributed by atoms with Crippen molar-refractivity contribution in [3.8, 4) is 11.6 Å². The molecule has 0 bridgehead atoms. The van der Waals surface area contributed by atoms with Crippen LogP contribution in [0.1, 0.15) is 11.1 Å². The highest BCUT2D eigenvalue weighted by atomic mass is 19.1. The Kier molecular flexibility index (Phi) is 4.44. The molecule has 1 aromatic carbocycles. The van der Waals surface area contributed by atoms with Crippen LogP contribution in [0.5, 0.6) is 11.6 Å². The monoisotopic (exact) mass is 291 g/mol. The molecule has 6 nitrogen and oxygen atoms in total. The van der Waals surface area contributed by atoms with Crippen LogP contribution in [0.3, 0.4) is 0 Å². The molecule has 0 fully saturated rings. The summed E-state index contributed by atoms with van der Waals surface area (Å²) in [6, 6.07) is 5.37. The van der Waals surface area contributed by atoms with Gasteiger partial charge in [0, 0.05) is 24.4 Å². The maximum Gasteiger partial charge on any atom is 0.314 e. The molecule has 0 saturated carbocycles. The number of nitrogens with one attached hydrogen (secondary N) is 1. The van der Waals surface area contributed by atoms with Crippen molar-refractivity contribution in [2.24, 2.45) is 0 Å². The van der Waals surface area contributed by atoms with Crippen molar-refractivity contribution in [1.82, 2.24) is 10.3 Å². The molecule has 0 aliphatic rings. The normalized spacial score (nSPS) is 10.4. The molecule has 7 heteroatoms. The molecule has 1 heterocycles. The van der Waals surface area contributed by atoms with Crippen molar-refractivity contribution in [2.45, 2.75) is 13.5 Å². The number of benzene rings is 1. The molecular formula is C14H14FN3O3. The Bertz CT molecular complexity index is 677. The molecule has 2 aromatic rings. The van der Waals surface area contributed by atoms with E-state index in [0.29, 0.717) is 12.1 Å². The summed E-state index contributed by atoms with van der Waals surface area (Å²) in [7, 11) is 1.81. The van der Waals surface area contributed by atoms with Crippen molar-refractivity contribution in [3.05, 3.63) is 57.5 Å². The third-order valence-electron chi connectivity index (χ3n) is 2.81. The molecule has 0 atom stereocenters. The van der Waals surface area contributed by atoms with E-state index in [9.17, 15) is 14.5 Å². The van der Waals surface area contributed by atoms with Crippen molar-refractivity contribution in [3.63, 3.8) is 0 Å². The zero-order valence-electron chi connectivity index (χ0n) is 11.6. The average Bonchev–Trinajstić information content (AvgIpc) is 2.43. The highest BCUT2D eigenvalue weighted by Crippen LogP contribution is 2.34. The molecule has 110 valence electrons. The third kappa shape index (κ3) is 3.32. The number of aryl methyl sites for hydroxylation is 1. The third-order valence-corrected chi connectivity index (χ3v) is 2.81. The van der Waals surface area contributed by atoms with Gasteiger partial charge in [0.1, 0.15) is 0 Å². The van der Waals surface area contributed by atoms with Crippen molar-refractivity contribution in [2.75, 3.05) is 7.05 Å². The summed E-state index contributed by atoms with van der Waals surface area (Å²) in [5.41, 5.74) is 1.17. The van der Waals surface area contributed by atoms with E-state index >= 15 is 0 Å². The van der Waals surface area contributed by atoms with Gasteiger partial charge < -0.3 is 10.1 Å². The highest BCUT2D eigenvalue weighted by molar-refractivity contribution is 5.49. The van der Waals surface area contributed by atoms with Crippen LogP contribution in [0.2, 0.25) is 0 Å². The number of nitro benzene ring substituents is 1. The van der Waals surface area contributed by atoms with Crippen LogP contribution in [0, 0.1) is 22.9 Å². The molecule has 1 N–H and O–H groups in total. The molecule has 0 aliphatic heterocycles. The smallest absolute Gasteiger partial charge is 0.314 e. The SMILES string of the molecule is CNCc1cnc(Oc2c(F)cccc2[N+](=O)[O-])c(C)c1.